The van der Waals surface area contributed by atoms with Gasteiger partial charge in [-0.2, -0.15) is 0 Å². The molecule has 0 aliphatic rings. The number of aromatic hydroxyl groups is 1. The van der Waals surface area contributed by atoms with Crippen LogP contribution in [0.4, 0.5) is 5.69 Å². The molecule has 4 nitrogen and oxygen atoms in total. The number of phenolic OH excluding ortho intramolecular Hbond substituents is 1. The van der Waals surface area contributed by atoms with Crippen molar-refractivity contribution in [1.82, 2.24) is 0 Å². The number of methoxy groups -OCH3 is 1. The molecule has 1 unspecified atom stereocenters. The Morgan fingerprint density at radius 2 is 2.22 bits per heavy atom. The van der Waals surface area contributed by atoms with Gasteiger partial charge in [0, 0.05) is 31.8 Å². The maximum Gasteiger partial charge on any atom is 0.227 e. The zero-order valence-corrected chi connectivity index (χ0v) is 11.2. The van der Waals surface area contributed by atoms with Crippen LogP contribution in [0.5, 0.6) is 5.75 Å². The number of ether oxygens (including phenoxy) is 1. The second-order valence-electron chi connectivity index (χ2n) is 4.24. The zero-order valence-electron chi connectivity index (χ0n) is 11.2. The van der Waals surface area contributed by atoms with Gasteiger partial charge in [-0.25, -0.2) is 0 Å². The van der Waals surface area contributed by atoms with Crippen molar-refractivity contribution in [2.45, 2.75) is 32.8 Å². The quantitative estimate of drug-likeness (QED) is 0.845. The molecule has 0 heterocycles. The van der Waals surface area contributed by atoms with Crippen molar-refractivity contribution in [3.05, 3.63) is 24.3 Å². The van der Waals surface area contributed by atoms with Crippen molar-refractivity contribution in [3.8, 4) is 5.75 Å². The van der Waals surface area contributed by atoms with Crippen molar-refractivity contribution >= 4 is 11.6 Å². The third-order valence-electron chi connectivity index (χ3n) is 2.93. The highest BCUT2D eigenvalue weighted by molar-refractivity contribution is 5.93. The van der Waals surface area contributed by atoms with E-state index in [0.717, 1.165) is 5.69 Å². The van der Waals surface area contributed by atoms with Crippen LogP contribution in [-0.4, -0.2) is 30.8 Å². The van der Waals surface area contributed by atoms with Gasteiger partial charge in [0.2, 0.25) is 5.91 Å². The number of anilines is 1. The fourth-order valence-corrected chi connectivity index (χ4v) is 1.74. The van der Waals surface area contributed by atoms with Crippen LogP contribution in [0.2, 0.25) is 0 Å². The number of hydrogen-bond acceptors (Lipinski definition) is 3. The van der Waals surface area contributed by atoms with Crippen LogP contribution in [0, 0.1) is 0 Å². The molecule has 18 heavy (non-hydrogen) atoms. The summed E-state index contributed by atoms with van der Waals surface area (Å²) in [7, 11) is 1.64. The van der Waals surface area contributed by atoms with E-state index >= 15 is 0 Å². The Bertz CT molecular complexity index is 392. The Hall–Kier alpha value is -1.55. The molecule has 1 rings (SSSR count). The third kappa shape index (κ3) is 4.04. The van der Waals surface area contributed by atoms with E-state index in [1.54, 1.807) is 30.2 Å². The molecule has 0 saturated carbocycles. The summed E-state index contributed by atoms with van der Waals surface area (Å²) in [4.78, 5) is 13.8. The van der Waals surface area contributed by atoms with Crippen LogP contribution < -0.4 is 4.90 Å². The molecule has 0 aromatic heterocycles. The van der Waals surface area contributed by atoms with Crippen LogP contribution >= 0.6 is 0 Å². The van der Waals surface area contributed by atoms with E-state index in [-0.39, 0.29) is 17.8 Å². The Morgan fingerprint density at radius 3 is 2.78 bits per heavy atom. The molecule has 0 saturated heterocycles. The average molecular weight is 251 g/mol. The molecule has 4 heteroatoms. The predicted octanol–water partition coefficient (Wildman–Crippen LogP) is 2.56. The van der Waals surface area contributed by atoms with Gasteiger partial charge >= 0.3 is 0 Å². The molecule has 1 aromatic carbocycles. The number of benzene rings is 1. The lowest BCUT2D eigenvalue weighted by Crippen LogP contribution is -2.31. The molecule has 0 bridgehead atoms. The Balaban J connectivity index is 2.68. The molecule has 1 amide bonds. The Labute approximate surface area is 108 Å². The van der Waals surface area contributed by atoms with Gasteiger partial charge in [-0.15, -0.1) is 0 Å². The summed E-state index contributed by atoms with van der Waals surface area (Å²) in [5.74, 6) is 0.219. The lowest BCUT2D eigenvalue weighted by Gasteiger charge is -2.22. The number of nitrogens with zero attached hydrogens (tertiary/aromatic N) is 1. The Kier molecular flexibility index (Phi) is 5.65. The molecule has 1 N–H and O–H groups in total. The van der Waals surface area contributed by atoms with Gasteiger partial charge in [-0.1, -0.05) is 6.07 Å². The fraction of sp³-hybridized carbons (Fsp3) is 0.500. The maximum absolute atomic E-state index is 12.1. The third-order valence-corrected chi connectivity index (χ3v) is 2.93. The standard InChI is InChI=1S/C14H21NO3/c1-4-15(12-6-5-7-13(16)10-12)14(17)9-8-11(2)18-3/h5-7,10-11,16H,4,8-9H2,1-3H3. The van der Waals surface area contributed by atoms with E-state index in [1.807, 2.05) is 19.9 Å². The summed E-state index contributed by atoms with van der Waals surface area (Å²) in [5, 5.41) is 9.44. The van der Waals surface area contributed by atoms with E-state index in [4.69, 9.17) is 4.74 Å². The fourth-order valence-electron chi connectivity index (χ4n) is 1.74. The number of rotatable bonds is 6. The highest BCUT2D eigenvalue weighted by atomic mass is 16.5. The first-order chi connectivity index (χ1) is 8.58. The van der Waals surface area contributed by atoms with Gasteiger partial charge in [0.25, 0.3) is 0 Å². The summed E-state index contributed by atoms with van der Waals surface area (Å²) >= 11 is 0. The van der Waals surface area contributed by atoms with E-state index in [0.29, 0.717) is 19.4 Å². The van der Waals surface area contributed by atoms with Crippen LogP contribution in [0.1, 0.15) is 26.7 Å². The van der Waals surface area contributed by atoms with E-state index in [1.165, 1.54) is 0 Å². The second kappa shape index (κ2) is 7.01. The number of carbonyl (C=O) groups is 1. The first-order valence-electron chi connectivity index (χ1n) is 6.20. The van der Waals surface area contributed by atoms with Crippen molar-refractivity contribution < 1.29 is 14.6 Å². The number of amides is 1. The smallest absolute Gasteiger partial charge is 0.227 e. The lowest BCUT2D eigenvalue weighted by molar-refractivity contribution is -0.119. The lowest BCUT2D eigenvalue weighted by atomic mass is 10.2. The van der Waals surface area contributed by atoms with Crippen LogP contribution in [0.3, 0.4) is 0 Å². The van der Waals surface area contributed by atoms with Crippen molar-refractivity contribution in [2.75, 3.05) is 18.6 Å². The molecular formula is C14H21NO3. The van der Waals surface area contributed by atoms with E-state index in [2.05, 4.69) is 0 Å². The Morgan fingerprint density at radius 1 is 1.50 bits per heavy atom. The average Bonchev–Trinajstić information content (AvgIpc) is 2.37. The summed E-state index contributed by atoms with van der Waals surface area (Å²) in [6.07, 6.45) is 1.22. The normalized spacial score (nSPS) is 12.2. The highest BCUT2D eigenvalue weighted by Crippen LogP contribution is 2.21. The number of phenols is 1. The van der Waals surface area contributed by atoms with Crippen LogP contribution in [0.25, 0.3) is 0 Å². The minimum Gasteiger partial charge on any atom is -0.508 e. The second-order valence-corrected chi connectivity index (χ2v) is 4.24. The summed E-state index contributed by atoms with van der Waals surface area (Å²) in [5.41, 5.74) is 0.729. The predicted molar refractivity (Wildman–Crippen MR) is 71.8 cm³/mol. The van der Waals surface area contributed by atoms with Crippen molar-refractivity contribution in [2.24, 2.45) is 0 Å². The van der Waals surface area contributed by atoms with Gasteiger partial charge in [-0.05, 0) is 32.4 Å². The largest absolute Gasteiger partial charge is 0.508 e. The molecule has 0 aliphatic carbocycles. The summed E-state index contributed by atoms with van der Waals surface area (Å²) in [6.45, 7) is 4.45. The van der Waals surface area contributed by atoms with Gasteiger partial charge < -0.3 is 14.7 Å². The van der Waals surface area contributed by atoms with Crippen molar-refractivity contribution in [1.29, 1.82) is 0 Å². The number of carbonyl (C=O) groups excluding carboxylic acids is 1. The van der Waals surface area contributed by atoms with E-state index in [9.17, 15) is 9.90 Å². The first kappa shape index (κ1) is 14.5. The van der Waals surface area contributed by atoms with Crippen LogP contribution in [-0.2, 0) is 9.53 Å². The summed E-state index contributed by atoms with van der Waals surface area (Å²) in [6, 6.07) is 6.75. The van der Waals surface area contributed by atoms with Crippen molar-refractivity contribution in [3.63, 3.8) is 0 Å². The first-order valence-corrected chi connectivity index (χ1v) is 6.20. The molecular weight excluding hydrogens is 230 g/mol. The van der Waals surface area contributed by atoms with Crippen LogP contribution in [0.15, 0.2) is 24.3 Å². The van der Waals surface area contributed by atoms with Gasteiger partial charge in [-0.3, -0.25) is 4.79 Å². The zero-order chi connectivity index (χ0) is 13.5. The molecule has 100 valence electrons. The molecule has 0 spiro atoms. The monoisotopic (exact) mass is 251 g/mol. The van der Waals surface area contributed by atoms with E-state index < -0.39 is 0 Å². The minimum absolute atomic E-state index is 0.0481. The molecule has 1 aromatic rings. The number of hydrogen-bond donors (Lipinski definition) is 1. The van der Waals surface area contributed by atoms with Gasteiger partial charge in [0.15, 0.2) is 0 Å². The minimum atomic E-state index is 0.0481. The highest BCUT2D eigenvalue weighted by Gasteiger charge is 2.15. The molecule has 1 atom stereocenters. The maximum atomic E-state index is 12.1. The SMILES string of the molecule is CCN(C(=O)CCC(C)OC)c1cccc(O)c1. The van der Waals surface area contributed by atoms with Gasteiger partial charge in [0.05, 0.1) is 6.10 Å². The van der Waals surface area contributed by atoms with Gasteiger partial charge in [0.1, 0.15) is 5.75 Å². The molecule has 0 radical (unpaired) electrons. The topological polar surface area (TPSA) is 49.8 Å². The molecule has 0 fully saturated rings. The molecule has 0 aliphatic heterocycles. The summed E-state index contributed by atoms with van der Waals surface area (Å²) < 4.78 is 5.13.